The number of amides is 1. The lowest BCUT2D eigenvalue weighted by Crippen LogP contribution is -2.43. The highest BCUT2D eigenvalue weighted by Gasteiger charge is 2.53. The molecule has 6 nitrogen and oxygen atoms in total. The van der Waals surface area contributed by atoms with Crippen molar-refractivity contribution >= 4 is 11.9 Å². The van der Waals surface area contributed by atoms with Crippen LogP contribution in [0.1, 0.15) is 38.5 Å². The molecule has 114 valence electrons. The molecule has 2 heterocycles. The zero-order chi connectivity index (χ0) is 14.7. The van der Waals surface area contributed by atoms with E-state index in [9.17, 15) is 9.59 Å². The van der Waals surface area contributed by atoms with E-state index in [1.807, 2.05) is 10.8 Å². The predicted octanol–water partition coefficient (Wildman–Crippen LogP) is 1.27. The SMILES string of the molecule is O=C1CC(C(=O)NCCCn2ccnc2)C2(CCCC2)O1. The second kappa shape index (κ2) is 5.87. The minimum absolute atomic E-state index is 0.0339. The largest absolute Gasteiger partial charge is 0.458 e. The van der Waals surface area contributed by atoms with E-state index >= 15 is 0 Å². The Balaban J connectivity index is 1.49. The number of imidazole rings is 1. The standard InChI is InChI=1S/C15H21N3O3/c19-13-10-12(15(21-13)4-1-2-5-15)14(20)17-6-3-8-18-9-7-16-11-18/h7,9,11-12H,1-6,8,10H2,(H,17,20). The molecular weight excluding hydrogens is 270 g/mol. The van der Waals surface area contributed by atoms with Crippen LogP contribution in [0.2, 0.25) is 0 Å². The third-order valence-electron chi connectivity index (χ3n) is 4.54. The molecule has 1 aromatic rings. The van der Waals surface area contributed by atoms with Crippen LogP contribution in [0.4, 0.5) is 0 Å². The normalized spacial score (nSPS) is 23.4. The first-order chi connectivity index (χ1) is 10.2. The maximum Gasteiger partial charge on any atom is 0.307 e. The summed E-state index contributed by atoms with van der Waals surface area (Å²) in [7, 11) is 0. The highest BCUT2D eigenvalue weighted by atomic mass is 16.6. The molecule has 1 saturated carbocycles. The van der Waals surface area contributed by atoms with Crippen LogP contribution >= 0.6 is 0 Å². The van der Waals surface area contributed by atoms with Crippen molar-refractivity contribution in [2.45, 2.75) is 50.7 Å². The number of nitrogens with zero attached hydrogens (tertiary/aromatic N) is 2. The summed E-state index contributed by atoms with van der Waals surface area (Å²) in [5, 5.41) is 2.95. The van der Waals surface area contributed by atoms with E-state index in [1.165, 1.54) is 0 Å². The molecule has 2 fully saturated rings. The quantitative estimate of drug-likeness (QED) is 0.655. The average molecular weight is 291 g/mol. The minimum Gasteiger partial charge on any atom is -0.458 e. The highest BCUT2D eigenvalue weighted by Crippen LogP contribution is 2.45. The summed E-state index contributed by atoms with van der Waals surface area (Å²) < 4.78 is 7.48. The van der Waals surface area contributed by atoms with Crippen LogP contribution in [0.15, 0.2) is 18.7 Å². The summed E-state index contributed by atoms with van der Waals surface area (Å²) in [6.45, 7) is 1.43. The summed E-state index contributed by atoms with van der Waals surface area (Å²) in [5.41, 5.74) is -0.508. The van der Waals surface area contributed by atoms with Gasteiger partial charge in [-0.3, -0.25) is 9.59 Å². The van der Waals surface area contributed by atoms with Gasteiger partial charge >= 0.3 is 5.97 Å². The van der Waals surface area contributed by atoms with E-state index in [4.69, 9.17) is 4.74 Å². The van der Waals surface area contributed by atoms with Crippen molar-refractivity contribution in [3.05, 3.63) is 18.7 Å². The average Bonchev–Trinajstić information content (AvgIpc) is 3.18. The van der Waals surface area contributed by atoms with E-state index in [0.29, 0.717) is 6.54 Å². The number of ether oxygens (including phenoxy) is 1. The molecule has 1 spiro atoms. The number of aryl methyl sites for hydroxylation is 1. The van der Waals surface area contributed by atoms with Gasteiger partial charge in [0.1, 0.15) is 5.60 Å². The Labute approximate surface area is 123 Å². The fourth-order valence-electron chi connectivity index (χ4n) is 3.46. The Morgan fingerprint density at radius 3 is 3.00 bits per heavy atom. The lowest BCUT2D eigenvalue weighted by molar-refractivity contribution is -0.149. The number of carbonyl (C=O) groups is 2. The third-order valence-corrected chi connectivity index (χ3v) is 4.54. The van der Waals surface area contributed by atoms with Crippen molar-refractivity contribution in [3.63, 3.8) is 0 Å². The molecule has 0 radical (unpaired) electrons. The van der Waals surface area contributed by atoms with E-state index < -0.39 is 5.60 Å². The summed E-state index contributed by atoms with van der Waals surface area (Å²) in [6, 6.07) is 0. The fourth-order valence-corrected chi connectivity index (χ4v) is 3.46. The van der Waals surface area contributed by atoms with Crippen molar-refractivity contribution in [1.29, 1.82) is 0 Å². The molecule has 1 aliphatic heterocycles. The Morgan fingerprint density at radius 2 is 2.29 bits per heavy atom. The van der Waals surface area contributed by atoms with Gasteiger partial charge in [0.15, 0.2) is 0 Å². The zero-order valence-electron chi connectivity index (χ0n) is 12.1. The van der Waals surface area contributed by atoms with Gasteiger partial charge in [0.05, 0.1) is 18.7 Å². The van der Waals surface area contributed by atoms with Crippen LogP contribution in [0, 0.1) is 5.92 Å². The van der Waals surface area contributed by atoms with Gasteiger partial charge in [-0.15, -0.1) is 0 Å². The predicted molar refractivity (Wildman–Crippen MR) is 75.3 cm³/mol. The first-order valence-electron chi connectivity index (χ1n) is 7.65. The van der Waals surface area contributed by atoms with Gasteiger partial charge < -0.3 is 14.6 Å². The Hall–Kier alpha value is -1.85. The van der Waals surface area contributed by atoms with Crippen LogP contribution < -0.4 is 5.32 Å². The third kappa shape index (κ3) is 2.94. The van der Waals surface area contributed by atoms with Crippen LogP contribution in [-0.4, -0.2) is 33.6 Å². The molecule has 21 heavy (non-hydrogen) atoms. The van der Waals surface area contributed by atoms with Gasteiger partial charge in [-0.2, -0.15) is 0 Å². The number of nitrogens with one attached hydrogen (secondary N) is 1. The summed E-state index contributed by atoms with van der Waals surface area (Å²) in [4.78, 5) is 27.9. The number of hydrogen-bond acceptors (Lipinski definition) is 4. The highest BCUT2D eigenvalue weighted by molar-refractivity contribution is 5.87. The maximum absolute atomic E-state index is 12.4. The smallest absolute Gasteiger partial charge is 0.307 e. The summed E-state index contributed by atoms with van der Waals surface area (Å²) >= 11 is 0. The molecule has 1 amide bonds. The first-order valence-corrected chi connectivity index (χ1v) is 7.65. The molecule has 0 bridgehead atoms. The van der Waals surface area contributed by atoms with Gasteiger partial charge in [-0.25, -0.2) is 4.98 Å². The molecule has 1 atom stereocenters. The molecule has 3 rings (SSSR count). The number of rotatable bonds is 5. The molecule has 1 saturated heterocycles. The molecular formula is C15H21N3O3. The van der Waals surface area contributed by atoms with Gasteiger partial charge in [-0.05, 0) is 32.1 Å². The maximum atomic E-state index is 12.4. The van der Waals surface area contributed by atoms with Gasteiger partial charge in [0.2, 0.25) is 5.91 Å². The van der Waals surface area contributed by atoms with Crippen molar-refractivity contribution < 1.29 is 14.3 Å². The van der Waals surface area contributed by atoms with Crippen molar-refractivity contribution in [2.75, 3.05) is 6.54 Å². The van der Waals surface area contributed by atoms with E-state index in [-0.39, 0.29) is 24.2 Å². The summed E-state index contributed by atoms with van der Waals surface area (Å²) in [5.74, 6) is -0.565. The number of carbonyl (C=O) groups excluding carboxylic acids is 2. The topological polar surface area (TPSA) is 73.2 Å². The number of hydrogen-bond donors (Lipinski definition) is 1. The van der Waals surface area contributed by atoms with E-state index in [1.54, 1.807) is 12.5 Å². The molecule has 6 heteroatoms. The minimum atomic E-state index is -0.508. The Morgan fingerprint density at radius 1 is 1.48 bits per heavy atom. The van der Waals surface area contributed by atoms with E-state index in [0.717, 1.165) is 38.6 Å². The fraction of sp³-hybridized carbons (Fsp3) is 0.667. The van der Waals surface area contributed by atoms with Gasteiger partial charge in [-0.1, -0.05) is 0 Å². The second-order valence-corrected chi connectivity index (χ2v) is 5.95. The number of aromatic nitrogens is 2. The lowest BCUT2D eigenvalue weighted by atomic mass is 9.85. The van der Waals surface area contributed by atoms with Gasteiger partial charge in [0, 0.05) is 25.5 Å². The van der Waals surface area contributed by atoms with Crippen LogP contribution in [0.3, 0.4) is 0 Å². The molecule has 2 aliphatic rings. The Kier molecular flexibility index (Phi) is 3.94. The molecule has 0 aromatic carbocycles. The lowest BCUT2D eigenvalue weighted by Gasteiger charge is -2.27. The van der Waals surface area contributed by atoms with Crippen molar-refractivity contribution in [3.8, 4) is 0 Å². The molecule has 1 aromatic heterocycles. The van der Waals surface area contributed by atoms with Crippen molar-refractivity contribution in [2.24, 2.45) is 5.92 Å². The first kappa shape index (κ1) is 14.1. The monoisotopic (exact) mass is 291 g/mol. The van der Waals surface area contributed by atoms with Crippen molar-refractivity contribution in [1.82, 2.24) is 14.9 Å². The molecule has 1 aliphatic carbocycles. The van der Waals surface area contributed by atoms with E-state index in [2.05, 4.69) is 10.3 Å². The van der Waals surface area contributed by atoms with Gasteiger partial charge in [0.25, 0.3) is 0 Å². The zero-order valence-corrected chi connectivity index (χ0v) is 12.1. The second-order valence-electron chi connectivity index (χ2n) is 5.95. The Bertz CT molecular complexity index is 506. The summed E-state index contributed by atoms with van der Waals surface area (Å²) in [6.07, 6.45) is 10.2. The van der Waals surface area contributed by atoms with Crippen LogP contribution in [0.5, 0.6) is 0 Å². The number of esters is 1. The molecule has 1 N–H and O–H groups in total. The molecule has 1 unspecified atom stereocenters. The van der Waals surface area contributed by atoms with Crippen LogP contribution in [-0.2, 0) is 20.9 Å². The van der Waals surface area contributed by atoms with Crippen LogP contribution in [0.25, 0.3) is 0 Å².